The number of aryl methyl sites for hydroxylation is 1. The fourth-order valence-electron chi connectivity index (χ4n) is 2.85. The van der Waals surface area contributed by atoms with Crippen molar-refractivity contribution in [2.75, 3.05) is 6.54 Å². The summed E-state index contributed by atoms with van der Waals surface area (Å²) in [6, 6.07) is 11.5. The number of hydrogen-bond acceptors (Lipinski definition) is 2. The minimum atomic E-state index is -0.0493. The average Bonchev–Trinajstić information content (AvgIpc) is 2.93. The monoisotopic (exact) mass is 385 g/mol. The van der Waals surface area contributed by atoms with E-state index in [0.29, 0.717) is 12.1 Å². The van der Waals surface area contributed by atoms with Gasteiger partial charge in [0, 0.05) is 40.9 Å². The molecule has 124 valence electrons. The van der Waals surface area contributed by atoms with Crippen molar-refractivity contribution in [1.82, 2.24) is 14.9 Å². The number of nitrogens with one attached hydrogen (secondary N) is 1. The Balaban J connectivity index is 1.69. The number of hydrogen-bond donors (Lipinski definition) is 1. The first-order valence-electron chi connectivity index (χ1n) is 8.15. The molecular weight excluding hydrogens is 366 g/mol. The van der Waals surface area contributed by atoms with Gasteiger partial charge in [0.25, 0.3) is 5.91 Å². The first kappa shape index (κ1) is 16.7. The van der Waals surface area contributed by atoms with Crippen molar-refractivity contribution >= 4 is 32.9 Å². The second-order valence-corrected chi connectivity index (χ2v) is 6.65. The Kier molecular flexibility index (Phi) is 5.30. The van der Waals surface area contributed by atoms with Crippen LogP contribution in [0.1, 0.15) is 29.3 Å². The number of pyridine rings is 1. The zero-order chi connectivity index (χ0) is 16.9. The summed E-state index contributed by atoms with van der Waals surface area (Å²) in [4.78, 5) is 16.7. The van der Waals surface area contributed by atoms with E-state index in [4.69, 9.17) is 0 Å². The van der Waals surface area contributed by atoms with E-state index < -0.39 is 0 Å². The Morgan fingerprint density at radius 1 is 1.29 bits per heavy atom. The molecule has 2 heterocycles. The first-order chi connectivity index (χ1) is 11.7. The van der Waals surface area contributed by atoms with Crippen LogP contribution in [0.4, 0.5) is 0 Å². The molecule has 5 heteroatoms. The van der Waals surface area contributed by atoms with Gasteiger partial charge in [0.05, 0.1) is 0 Å². The number of carbonyl (C=O) groups excluding carboxylic acids is 1. The Hall–Kier alpha value is -2.14. The maximum absolute atomic E-state index is 12.2. The molecule has 4 nitrogen and oxygen atoms in total. The molecule has 0 unspecified atom stereocenters. The lowest BCUT2D eigenvalue weighted by molar-refractivity contribution is 0.0954. The number of halogens is 1. The van der Waals surface area contributed by atoms with E-state index in [1.54, 1.807) is 0 Å². The van der Waals surface area contributed by atoms with Gasteiger partial charge >= 0.3 is 0 Å². The molecule has 3 aromatic rings. The number of fused-ring (bicyclic) bond motifs is 1. The van der Waals surface area contributed by atoms with E-state index in [0.717, 1.165) is 29.5 Å². The van der Waals surface area contributed by atoms with Gasteiger partial charge in [-0.15, -0.1) is 0 Å². The van der Waals surface area contributed by atoms with Gasteiger partial charge in [0.15, 0.2) is 0 Å². The molecule has 0 spiro atoms. The molecule has 0 saturated heterocycles. The molecule has 0 atom stereocenters. The topological polar surface area (TPSA) is 46.9 Å². The summed E-state index contributed by atoms with van der Waals surface area (Å²) in [7, 11) is 0. The molecule has 24 heavy (non-hydrogen) atoms. The van der Waals surface area contributed by atoms with Crippen molar-refractivity contribution in [3.63, 3.8) is 0 Å². The molecular formula is C19H20BrN3O. The van der Waals surface area contributed by atoms with E-state index >= 15 is 0 Å². The van der Waals surface area contributed by atoms with Gasteiger partial charge in [0.2, 0.25) is 0 Å². The number of aromatic nitrogens is 2. The standard InChI is InChI=1S/C19H20BrN3O/c1-2-11-23-13-15(17-7-4-9-21-18(17)23)8-10-22-19(24)14-5-3-6-16(20)12-14/h3-7,9,12-13H,2,8,10-11H2,1H3,(H,22,24). The Labute approximate surface area is 150 Å². The number of nitrogens with zero attached hydrogens (tertiary/aromatic N) is 2. The largest absolute Gasteiger partial charge is 0.352 e. The molecule has 3 rings (SSSR count). The smallest absolute Gasteiger partial charge is 0.251 e. The average molecular weight is 386 g/mol. The second kappa shape index (κ2) is 7.62. The fraction of sp³-hybridized carbons (Fsp3) is 0.263. The lowest BCUT2D eigenvalue weighted by atomic mass is 10.1. The van der Waals surface area contributed by atoms with Gasteiger partial charge < -0.3 is 9.88 Å². The summed E-state index contributed by atoms with van der Waals surface area (Å²) in [5.41, 5.74) is 2.91. The van der Waals surface area contributed by atoms with E-state index in [1.807, 2.05) is 36.5 Å². The van der Waals surface area contributed by atoms with Crippen LogP contribution in [0.25, 0.3) is 11.0 Å². The Morgan fingerprint density at radius 2 is 2.17 bits per heavy atom. The van der Waals surface area contributed by atoms with Gasteiger partial charge in [-0.1, -0.05) is 28.9 Å². The number of benzene rings is 1. The quantitative estimate of drug-likeness (QED) is 0.691. The highest BCUT2D eigenvalue weighted by atomic mass is 79.9. The summed E-state index contributed by atoms with van der Waals surface area (Å²) in [6.45, 7) is 3.72. The molecule has 1 amide bonds. The van der Waals surface area contributed by atoms with Gasteiger partial charge in [0.1, 0.15) is 5.65 Å². The predicted molar refractivity (Wildman–Crippen MR) is 100 cm³/mol. The molecule has 0 saturated carbocycles. The van der Waals surface area contributed by atoms with Crippen LogP contribution in [-0.2, 0) is 13.0 Å². The fourth-order valence-corrected chi connectivity index (χ4v) is 3.25. The first-order valence-corrected chi connectivity index (χ1v) is 8.95. The van der Waals surface area contributed by atoms with Crippen LogP contribution in [0.15, 0.2) is 53.3 Å². The van der Waals surface area contributed by atoms with E-state index in [-0.39, 0.29) is 5.91 Å². The maximum atomic E-state index is 12.2. The number of carbonyl (C=O) groups is 1. The van der Waals surface area contributed by atoms with Gasteiger partial charge in [-0.25, -0.2) is 4.98 Å². The highest BCUT2D eigenvalue weighted by Crippen LogP contribution is 2.20. The van der Waals surface area contributed by atoms with E-state index in [1.165, 1.54) is 10.9 Å². The predicted octanol–water partition coefficient (Wildman–Crippen LogP) is 4.18. The molecule has 0 radical (unpaired) electrons. The van der Waals surface area contributed by atoms with Crippen molar-refractivity contribution < 1.29 is 4.79 Å². The van der Waals surface area contributed by atoms with Crippen LogP contribution in [0.5, 0.6) is 0 Å². The van der Waals surface area contributed by atoms with Crippen LogP contribution in [0.3, 0.4) is 0 Å². The molecule has 0 aliphatic rings. The van der Waals surface area contributed by atoms with E-state index in [2.05, 4.69) is 50.0 Å². The van der Waals surface area contributed by atoms with Crippen LogP contribution < -0.4 is 5.32 Å². The van der Waals surface area contributed by atoms with Gasteiger partial charge in [-0.3, -0.25) is 4.79 Å². The molecule has 0 bridgehead atoms. The Bertz CT molecular complexity index is 857. The van der Waals surface area contributed by atoms with Crippen molar-refractivity contribution in [3.8, 4) is 0 Å². The van der Waals surface area contributed by atoms with Crippen molar-refractivity contribution in [2.24, 2.45) is 0 Å². The van der Waals surface area contributed by atoms with Gasteiger partial charge in [-0.05, 0) is 48.7 Å². The van der Waals surface area contributed by atoms with E-state index in [9.17, 15) is 4.79 Å². The number of amides is 1. The minimum absolute atomic E-state index is 0.0493. The summed E-state index contributed by atoms with van der Waals surface area (Å²) in [6.07, 6.45) is 5.85. The highest BCUT2D eigenvalue weighted by Gasteiger charge is 2.10. The van der Waals surface area contributed by atoms with Crippen molar-refractivity contribution in [1.29, 1.82) is 0 Å². The molecule has 0 aliphatic carbocycles. The molecule has 1 N–H and O–H groups in total. The minimum Gasteiger partial charge on any atom is -0.352 e. The number of rotatable bonds is 6. The SMILES string of the molecule is CCCn1cc(CCNC(=O)c2cccc(Br)c2)c2cccnc21. The van der Waals surface area contributed by atoms with Crippen molar-refractivity contribution in [3.05, 3.63) is 64.4 Å². The third-order valence-corrected chi connectivity index (χ3v) is 4.44. The summed E-state index contributed by atoms with van der Waals surface area (Å²) in [5, 5.41) is 4.16. The summed E-state index contributed by atoms with van der Waals surface area (Å²) in [5.74, 6) is -0.0493. The summed E-state index contributed by atoms with van der Waals surface area (Å²) >= 11 is 3.39. The zero-order valence-electron chi connectivity index (χ0n) is 13.6. The highest BCUT2D eigenvalue weighted by molar-refractivity contribution is 9.10. The third kappa shape index (κ3) is 3.67. The zero-order valence-corrected chi connectivity index (χ0v) is 15.2. The lowest BCUT2D eigenvalue weighted by Crippen LogP contribution is -2.25. The maximum Gasteiger partial charge on any atom is 0.251 e. The lowest BCUT2D eigenvalue weighted by Gasteiger charge is -2.05. The Morgan fingerprint density at radius 3 is 2.96 bits per heavy atom. The van der Waals surface area contributed by atoms with Crippen LogP contribution in [0.2, 0.25) is 0 Å². The van der Waals surface area contributed by atoms with Crippen LogP contribution in [0, 0.1) is 0 Å². The van der Waals surface area contributed by atoms with Crippen molar-refractivity contribution in [2.45, 2.75) is 26.3 Å². The molecule has 0 aliphatic heterocycles. The summed E-state index contributed by atoms with van der Waals surface area (Å²) < 4.78 is 3.10. The second-order valence-electron chi connectivity index (χ2n) is 5.74. The van der Waals surface area contributed by atoms with Crippen LogP contribution >= 0.6 is 15.9 Å². The van der Waals surface area contributed by atoms with Crippen LogP contribution in [-0.4, -0.2) is 22.0 Å². The normalized spacial score (nSPS) is 10.9. The third-order valence-electron chi connectivity index (χ3n) is 3.95. The molecule has 2 aromatic heterocycles. The molecule has 1 aromatic carbocycles. The van der Waals surface area contributed by atoms with Gasteiger partial charge in [-0.2, -0.15) is 0 Å². The molecule has 0 fully saturated rings.